The summed E-state index contributed by atoms with van der Waals surface area (Å²) in [5.74, 6) is 0.670. The summed E-state index contributed by atoms with van der Waals surface area (Å²) in [7, 11) is 0. The number of carbonyl (C=O) groups is 1. The largest absolute Gasteiger partial charge is 0.298 e. The monoisotopic (exact) mass is 231 g/mol. The molecule has 1 aliphatic rings. The summed E-state index contributed by atoms with van der Waals surface area (Å²) in [5.41, 5.74) is 1.29. The minimum Gasteiger partial charge on any atom is -0.298 e. The number of carbonyl (C=O) groups excluding carboxylic acids is 1. The molecule has 2 nitrogen and oxygen atoms in total. The number of thioether (sulfide) groups is 1. The number of Topliss-reactive ketones (excluding diaryl/α,β-unsaturated/α-hetero) is 1. The quantitative estimate of drug-likeness (QED) is 0.734. The molecule has 0 N–H and O–H groups in total. The molecule has 1 aliphatic carbocycles. The van der Waals surface area contributed by atoms with Crippen molar-refractivity contribution in [3.8, 4) is 5.40 Å². The molecule has 1 aromatic carbocycles. The highest BCUT2D eigenvalue weighted by molar-refractivity contribution is 8.04. The zero-order chi connectivity index (χ0) is 11.4. The van der Waals surface area contributed by atoms with Crippen LogP contribution in [-0.2, 0) is 4.79 Å². The molecular weight excluding hydrogens is 218 g/mol. The molecule has 16 heavy (non-hydrogen) atoms. The SMILES string of the molecule is N#CSC1CC(c2ccccc2)CCC1=O. The van der Waals surface area contributed by atoms with E-state index < -0.39 is 0 Å². The molecular formula is C13H13NOS. The first-order valence-corrected chi connectivity index (χ1v) is 6.31. The first-order chi connectivity index (χ1) is 7.81. The standard InChI is InChI=1S/C13H13NOS/c14-9-16-13-8-11(6-7-12(13)15)10-4-2-1-3-5-10/h1-5,11,13H,6-8H2. The van der Waals surface area contributed by atoms with E-state index in [0.717, 1.165) is 24.6 Å². The number of rotatable bonds is 2. The van der Waals surface area contributed by atoms with Gasteiger partial charge in [-0.15, -0.1) is 0 Å². The van der Waals surface area contributed by atoms with Crippen LogP contribution in [0.1, 0.15) is 30.7 Å². The van der Waals surface area contributed by atoms with Crippen LogP contribution < -0.4 is 0 Å². The summed E-state index contributed by atoms with van der Waals surface area (Å²) in [4.78, 5) is 11.6. The summed E-state index contributed by atoms with van der Waals surface area (Å²) >= 11 is 1.11. The molecule has 2 unspecified atom stereocenters. The van der Waals surface area contributed by atoms with Gasteiger partial charge in [0.2, 0.25) is 0 Å². The molecule has 0 aromatic heterocycles. The minimum absolute atomic E-state index is 0.121. The van der Waals surface area contributed by atoms with Gasteiger partial charge in [-0.05, 0) is 36.1 Å². The average Bonchev–Trinajstić information content (AvgIpc) is 2.33. The number of nitrogens with zero attached hydrogens (tertiary/aromatic N) is 1. The lowest BCUT2D eigenvalue weighted by Crippen LogP contribution is -2.25. The Morgan fingerprint density at radius 2 is 2.06 bits per heavy atom. The zero-order valence-corrected chi connectivity index (χ0v) is 9.74. The lowest BCUT2D eigenvalue weighted by molar-refractivity contribution is -0.119. The van der Waals surface area contributed by atoms with Gasteiger partial charge in [0.25, 0.3) is 0 Å². The van der Waals surface area contributed by atoms with Gasteiger partial charge in [-0.1, -0.05) is 30.3 Å². The van der Waals surface area contributed by atoms with Crippen molar-refractivity contribution in [3.05, 3.63) is 35.9 Å². The second-order valence-electron chi connectivity index (χ2n) is 4.05. The van der Waals surface area contributed by atoms with Crippen LogP contribution in [0.3, 0.4) is 0 Å². The average molecular weight is 231 g/mol. The third-order valence-electron chi connectivity index (χ3n) is 3.06. The normalized spacial score (nSPS) is 25.1. The van der Waals surface area contributed by atoms with E-state index >= 15 is 0 Å². The van der Waals surface area contributed by atoms with Crippen LogP contribution in [0.15, 0.2) is 30.3 Å². The molecule has 0 aliphatic heterocycles. The molecule has 1 fully saturated rings. The highest BCUT2D eigenvalue weighted by atomic mass is 32.2. The van der Waals surface area contributed by atoms with Crippen molar-refractivity contribution in [2.24, 2.45) is 0 Å². The fourth-order valence-electron chi connectivity index (χ4n) is 2.19. The van der Waals surface area contributed by atoms with Gasteiger partial charge in [0.15, 0.2) is 0 Å². The Morgan fingerprint density at radius 3 is 2.75 bits per heavy atom. The molecule has 0 bridgehead atoms. The number of hydrogen-bond donors (Lipinski definition) is 0. The fraction of sp³-hybridized carbons (Fsp3) is 0.385. The van der Waals surface area contributed by atoms with E-state index in [4.69, 9.17) is 5.26 Å². The van der Waals surface area contributed by atoms with Gasteiger partial charge in [-0.3, -0.25) is 4.79 Å². The molecule has 0 heterocycles. The molecule has 82 valence electrons. The first-order valence-electron chi connectivity index (χ1n) is 5.43. The molecule has 1 saturated carbocycles. The molecule has 0 amide bonds. The van der Waals surface area contributed by atoms with Crippen LogP contribution in [-0.4, -0.2) is 11.0 Å². The Kier molecular flexibility index (Phi) is 3.63. The maximum absolute atomic E-state index is 11.6. The summed E-state index contributed by atoms with van der Waals surface area (Å²) in [5, 5.41) is 10.6. The van der Waals surface area contributed by atoms with Gasteiger partial charge in [-0.2, -0.15) is 5.26 Å². The van der Waals surface area contributed by atoms with Gasteiger partial charge in [0.1, 0.15) is 11.2 Å². The van der Waals surface area contributed by atoms with E-state index in [1.165, 1.54) is 5.56 Å². The molecule has 0 radical (unpaired) electrons. The van der Waals surface area contributed by atoms with E-state index in [0.29, 0.717) is 12.3 Å². The van der Waals surface area contributed by atoms with E-state index in [-0.39, 0.29) is 11.0 Å². The highest BCUT2D eigenvalue weighted by Crippen LogP contribution is 2.35. The van der Waals surface area contributed by atoms with Crippen molar-refractivity contribution in [1.82, 2.24) is 0 Å². The smallest absolute Gasteiger partial charge is 0.146 e. The molecule has 2 atom stereocenters. The van der Waals surface area contributed by atoms with Crippen molar-refractivity contribution in [2.45, 2.75) is 30.4 Å². The highest BCUT2D eigenvalue weighted by Gasteiger charge is 2.29. The number of ketones is 1. The Labute approximate surface area is 99.7 Å². The lowest BCUT2D eigenvalue weighted by Gasteiger charge is -2.26. The third kappa shape index (κ3) is 2.45. The van der Waals surface area contributed by atoms with E-state index in [1.54, 1.807) is 0 Å². The van der Waals surface area contributed by atoms with Crippen LogP contribution in [0.4, 0.5) is 0 Å². The van der Waals surface area contributed by atoms with Crippen molar-refractivity contribution in [3.63, 3.8) is 0 Å². The molecule has 1 aromatic rings. The van der Waals surface area contributed by atoms with E-state index in [1.807, 2.05) is 23.6 Å². The predicted octanol–water partition coefficient (Wildman–Crippen LogP) is 3.11. The number of benzene rings is 1. The fourth-order valence-corrected chi connectivity index (χ4v) is 2.90. The van der Waals surface area contributed by atoms with Crippen molar-refractivity contribution in [1.29, 1.82) is 5.26 Å². The summed E-state index contributed by atoms with van der Waals surface area (Å²) in [6.07, 6.45) is 2.34. The topological polar surface area (TPSA) is 40.9 Å². The molecule has 2 rings (SSSR count). The van der Waals surface area contributed by atoms with Crippen molar-refractivity contribution in [2.75, 3.05) is 0 Å². The summed E-state index contributed by atoms with van der Waals surface area (Å²) < 4.78 is 0. The second-order valence-corrected chi connectivity index (χ2v) is 5.03. The maximum atomic E-state index is 11.6. The Bertz CT molecular complexity index is 410. The second kappa shape index (κ2) is 5.18. The van der Waals surface area contributed by atoms with Crippen LogP contribution in [0.2, 0.25) is 0 Å². The Balaban J connectivity index is 2.09. The summed E-state index contributed by atoms with van der Waals surface area (Å²) in [6.45, 7) is 0. The van der Waals surface area contributed by atoms with Gasteiger partial charge < -0.3 is 0 Å². The van der Waals surface area contributed by atoms with E-state index in [9.17, 15) is 4.79 Å². The molecule has 0 spiro atoms. The first kappa shape index (κ1) is 11.2. The lowest BCUT2D eigenvalue weighted by atomic mass is 9.83. The Morgan fingerprint density at radius 1 is 1.31 bits per heavy atom. The number of thiocyanates is 1. The molecule has 0 saturated heterocycles. The Hall–Kier alpha value is -1.27. The van der Waals surface area contributed by atoms with Crippen LogP contribution in [0.5, 0.6) is 0 Å². The van der Waals surface area contributed by atoms with Gasteiger partial charge in [-0.25, -0.2) is 0 Å². The minimum atomic E-state index is -0.121. The van der Waals surface area contributed by atoms with Gasteiger partial charge in [0.05, 0.1) is 5.25 Å². The van der Waals surface area contributed by atoms with Crippen molar-refractivity contribution < 1.29 is 4.79 Å². The third-order valence-corrected chi connectivity index (χ3v) is 3.91. The van der Waals surface area contributed by atoms with Crippen LogP contribution >= 0.6 is 11.8 Å². The van der Waals surface area contributed by atoms with Crippen LogP contribution in [0.25, 0.3) is 0 Å². The number of nitriles is 1. The van der Waals surface area contributed by atoms with E-state index in [2.05, 4.69) is 12.1 Å². The number of hydrogen-bond acceptors (Lipinski definition) is 3. The van der Waals surface area contributed by atoms with Crippen LogP contribution in [0, 0.1) is 10.7 Å². The maximum Gasteiger partial charge on any atom is 0.146 e. The van der Waals surface area contributed by atoms with Gasteiger partial charge >= 0.3 is 0 Å². The summed E-state index contributed by atoms with van der Waals surface area (Å²) in [6, 6.07) is 10.3. The van der Waals surface area contributed by atoms with Crippen molar-refractivity contribution >= 4 is 17.5 Å². The zero-order valence-electron chi connectivity index (χ0n) is 8.93. The van der Waals surface area contributed by atoms with Gasteiger partial charge in [0, 0.05) is 6.42 Å². The predicted molar refractivity (Wildman–Crippen MR) is 65.0 cm³/mol. The molecule has 3 heteroatoms.